The Labute approximate surface area is 116 Å². The first-order valence-corrected chi connectivity index (χ1v) is 6.50. The van der Waals surface area contributed by atoms with E-state index in [4.69, 9.17) is 0 Å². The molecule has 1 aliphatic rings. The number of non-ortho nitro benzene ring substituents is 1. The minimum absolute atomic E-state index is 0.122. The molecule has 2 rings (SSSR count). The smallest absolute Gasteiger partial charge is 0.272 e. The fourth-order valence-electron chi connectivity index (χ4n) is 2.37. The zero-order chi connectivity index (χ0) is 14.7. The Morgan fingerprint density at radius 3 is 3.00 bits per heavy atom. The average Bonchev–Trinajstić information content (AvgIpc) is 2.40. The van der Waals surface area contributed by atoms with Crippen molar-refractivity contribution in [1.82, 2.24) is 10.2 Å². The topological polar surface area (TPSA) is 78.6 Å². The number of hydrogen-bond acceptors (Lipinski definition) is 5. The van der Waals surface area contributed by atoms with Gasteiger partial charge in [-0.2, -0.15) is 0 Å². The zero-order valence-electron chi connectivity index (χ0n) is 11.3. The minimum Gasteiger partial charge on any atom is -0.391 e. The Morgan fingerprint density at radius 2 is 2.40 bits per heavy atom. The highest BCUT2D eigenvalue weighted by molar-refractivity contribution is 5.34. The third-order valence-electron chi connectivity index (χ3n) is 3.55. The predicted molar refractivity (Wildman–Crippen MR) is 72.1 cm³/mol. The molecule has 0 aromatic heterocycles. The second-order valence-electron chi connectivity index (χ2n) is 5.13. The number of aliphatic hydroxyl groups is 1. The minimum atomic E-state index is -0.728. The summed E-state index contributed by atoms with van der Waals surface area (Å²) in [7, 11) is 1.97. The summed E-state index contributed by atoms with van der Waals surface area (Å²) in [5, 5.41) is 23.9. The molecule has 0 aliphatic carbocycles. The van der Waals surface area contributed by atoms with Gasteiger partial charge in [-0.25, -0.2) is 4.39 Å². The van der Waals surface area contributed by atoms with E-state index >= 15 is 0 Å². The van der Waals surface area contributed by atoms with E-state index in [0.717, 1.165) is 19.2 Å². The highest BCUT2D eigenvalue weighted by Crippen LogP contribution is 2.18. The number of nitro groups is 1. The number of likely N-dealkylation sites (N-methyl/N-ethyl adjacent to an activating group) is 1. The van der Waals surface area contributed by atoms with Crippen molar-refractivity contribution in [3.8, 4) is 0 Å². The molecule has 1 aliphatic heterocycles. The van der Waals surface area contributed by atoms with Gasteiger partial charge in [0.05, 0.1) is 17.1 Å². The van der Waals surface area contributed by atoms with E-state index in [0.29, 0.717) is 6.54 Å². The zero-order valence-corrected chi connectivity index (χ0v) is 11.3. The Balaban J connectivity index is 2.03. The summed E-state index contributed by atoms with van der Waals surface area (Å²) in [6.45, 7) is 2.38. The molecule has 2 atom stereocenters. The Hall–Kier alpha value is -1.57. The van der Waals surface area contributed by atoms with Crippen LogP contribution in [-0.2, 0) is 6.42 Å². The van der Waals surface area contributed by atoms with Gasteiger partial charge >= 0.3 is 0 Å². The SMILES string of the molecule is CN1CCNC(C(O)Cc2ccc([N+](=O)[O-])cc2F)C1. The van der Waals surface area contributed by atoms with Crippen molar-refractivity contribution in [2.75, 3.05) is 26.7 Å². The summed E-state index contributed by atoms with van der Waals surface area (Å²) in [6.07, 6.45) is -0.594. The lowest BCUT2D eigenvalue weighted by Gasteiger charge is -2.33. The van der Waals surface area contributed by atoms with Gasteiger partial charge in [-0.05, 0) is 18.7 Å². The van der Waals surface area contributed by atoms with Crippen molar-refractivity contribution < 1.29 is 14.4 Å². The van der Waals surface area contributed by atoms with E-state index in [9.17, 15) is 19.6 Å². The number of piperazine rings is 1. The van der Waals surface area contributed by atoms with Crippen molar-refractivity contribution in [2.24, 2.45) is 0 Å². The molecule has 1 aromatic rings. The lowest BCUT2D eigenvalue weighted by atomic mass is 10.00. The van der Waals surface area contributed by atoms with Gasteiger partial charge in [0.1, 0.15) is 5.82 Å². The molecule has 0 bridgehead atoms. The third kappa shape index (κ3) is 3.50. The van der Waals surface area contributed by atoms with Gasteiger partial charge in [0.15, 0.2) is 0 Å². The molecule has 1 saturated heterocycles. The molecule has 6 nitrogen and oxygen atoms in total. The second kappa shape index (κ2) is 6.25. The second-order valence-corrected chi connectivity index (χ2v) is 5.13. The van der Waals surface area contributed by atoms with E-state index in [-0.39, 0.29) is 23.7 Å². The molecule has 0 radical (unpaired) electrons. The van der Waals surface area contributed by atoms with Crippen LogP contribution in [0.1, 0.15) is 5.56 Å². The monoisotopic (exact) mass is 283 g/mol. The van der Waals surface area contributed by atoms with E-state index in [1.165, 1.54) is 12.1 Å². The number of nitrogens with one attached hydrogen (secondary N) is 1. The van der Waals surface area contributed by atoms with E-state index in [1.54, 1.807) is 0 Å². The van der Waals surface area contributed by atoms with Crippen LogP contribution in [0.4, 0.5) is 10.1 Å². The Bertz CT molecular complexity index is 498. The number of hydrogen-bond donors (Lipinski definition) is 2. The van der Waals surface area contributed by atoms with Crippen molar-refractivity contribution in [1.29, 1.82) is 0 Å². The lowest BCUT2D eigenvalue weighted by Crippen LogP contribution is -2.54. The molecule has 7 heteroatoms. The molecule has 2 unspecified atom stereocenters. The first-order valence-electron chi connectivity index (χ1n) is 6.50. The first-order chi connectivity index (χ1) is 9.47. The number of halogens is 1. The first kappa shape index (κ1) is 14.8. The fraction of sp³-hybridized carbons (Fsp3) is 0.538. The van der Waals surface area contributed by atoms with Gasteiger partial charge in [0.25, 0.3) is 5.69 Å². The normalized spacial score (nSPS) is 21.6. The molecule has 1 heterocycles. The van der Waals surface area contributed by atoms with Crippen LogP contribution < -0.4 is 5.32 Å². The molecule has 2 N–H and O–H groups in total. The Kier molecular flexibility index (Phi) is 4.64. The highest BCUT2D eigenvalue weighted by Gasteiger charge is 2.25. The van der Waals surface area contributed by atoms with Crippen molar-refractivity contribution in [2.45, 2.75) is 18.6 Å². The number of aliphatic hydroxyl groups excluding tert-OH is 1. The van der Waals surface area contributed by atoms with Crippen molar-refractivity contribution in [3.63, 3.8) is 0 Å². The van der Waals surface area contributed by atoms with Gasteiger partial charge in [0, 0.05) is 38.2 Å². The number of nitro benzene ring substituents is 1. The largest absolute Gasteiger partial charge is 0.391 e. The van der Waals surface area contributed by atoms with Crippen LogP contribution in [0.3, 0.4) is 0 Å². The van der Waals surface area contributed by atoms with Gasteiger partial charge in [-0.1, -0.05) is 0 Å². The number of nitrogens with zero attached hydrogens (tertiary/aromatic N) is 2. The molecule has 1 fully saturated rings. The maximum atomic E-state index is 13.8. The highest BCUT2D eigenvalue weighted by atomic mass is 19.1. The van der Waals surface area contributed by atoms with Gasteiger partial charge in [0.2, 0.25) is 0 Å². The Morgan fingerprint density at radius 1 is 1.65 bits per heavy atom. The third-order valence-corrected chi connectivity index (χ3v) is 3.55. The van der Waals surface area contributed by atoms with Gasteiger partial charge in [-0.15, -0.1) is 0 Å². The van der Waals surface area contributed by atoms with Gasteiger partial charge < -0.3 is 15.3 Å². The molecule has 1 aromatic carbocycles. The molecule has 0 amide bonds. The summed E-state index contributed by atoms with van der Waals surface area (Å²) >= 11 is 0. The van der Waals surface area contributed by atoms with E-state index in [1.807, 2.05) is 7.05 Å². The lowest BCUT2D eigenvalue weighted by molar-refractivity contribution is -0.385. The van der Waals surface area contributed by atoms with Crippen LogP contribution in [0.15, 0.2) is 18.2 Å². The predicted octanol–water partition coefficient (Wildman–Crippen LogP) is 0.541. The van der Waals surface area contributed by atoms with E-state index < -0.39 is 16.8 Å². The van der Waals surface area contributed by atoms with Crippen LogP contribution in [0.5, 0.6) is 0 Å². The number of rotatable bonds is 4. The van der Waals surface area contributed by atoms with Crippen LogP contribution in [0.25, 0.3) is 0 Å². The van der Waals surface area contributed by atoms with Crippen LogP contribution >= 0.6 is 0 Å². The van der Waals surface area contributed by atoms with E-state index in [2.05, 4.69) is 10.2 Å². The van der Waals surface area contributed by atoms with Crippen LogP contribution in [-0.4, -0.2) is 53.8 Å². The standard InChI is InChI=1S/C13H18FN3O3/c1-16-5-4-15-12(8-16)13(18)6-9-2-3-10(17(19)20)7-11(9)14/h2-3,7,12-13,15,18H,4-6,8H2,1H3. The summed E-state index contributed by atoms with van der Waals surface area (Å²) in [4.78, 5) is 12.0. The molecular weight excluding hydrogens is 265 g/mol. The van der Waals surface area contributed by atoms with Crippen LogP contribution in [0.2, 0.25) is 0 Å². The number of benzene rings is 1. The molecule has 110 valence electrons. The average molecular weight is 283 g/mol. The molecule has 20 heavy (non-hydrogen) atoms. The maximum Gasteiger partial charge on any atom is 0.272 e. The van der Waals surface area contributed by atoms with Crippen molar-refractivity contribution >= 4 is 5.69 Å². The molecule has 0 saturated carbocycles. The summed E-state index contributed by atoms with van der Waals surface area (Å²) in [6, 6.07) is 3.39. The summed E-state index contributed by atoms with van der Waals surface area (Å²) in [5.74, 6) is -0.651. The quantitative estimate of drug-likeness (QED) is 0.623. The fourth-order valence-corrected chi connectivity index (χ4v) is 2.37. The van der Waals surface area contributed by atoms with Gasteiger partial charge in [-0.3, -0.25) is 10.1 Å². The van der Waals surface area contributed by atoms with Crippen LogP contribution in [0, 0.1) is 15.9 Å². The summed E-state index contributed by atoms with van der Waals surface area (Å²) in [5.41, 5.74) is 0.00870. The van der Waals surface area contributed by atoms with Crippen molar-refractivity contribution in [3.05, 3.63) is 39.7 Å². The maximum absolute atomic E-state index is 13.8. The molecular formula is C13H18FN3O3. The molecule has 0 spiro atoms. The summed E-state index contributed by atoms with van der Waals surface area (Å²) < 4.78 is 13.8.